The second-order valence-electron chi connectivity index (χ2n) is 4.09. The highest BCUT2D eigenvalue weighted by molar-refractivity contribution is 5.42. The summed E-state index contributed by atoms with van der Waals surface area (Å²) in [5.41, 5.74) is 1.15. The van der Waals surface area contributed by atoms with Crippen LogP contribution in [-0.2, 0) is 6.54 Å². The molecule has 1 rings (SSSR count). The third-order valence-electron chi connectivity index (χ3n) is 2.29. The average Bonchev–Trinajstić information content (AvgIpc) is 2.34. The first-order valence-corrected chi connectivity index (χ1v) is 5.81. The number of ether oxygens (including phenoxy) is 2. The van der Waals surface area contributed by atoms with Crippen molar-refractivity contribution < 1.29 is 14.6 Å². The van der Waals surface area contributed by atoms with Gasteiger partial charge in [-0.1, -0.05) is 19.9 Å². The number of hydrogen-bond acceptors (Lipinski definition) is 4. The van der Waals surface area contributed by atoms with Gasteiger partial charge in [-0.15, -0.1) is 0 Å². The maximum absolute atomic E-state index is 8.72. The number of nitrogens with one attached hydrogen (secondary N) is 1. The molecule has 1 aromatic rings. The number of rotatable bonds is 7. The van der Waals surface area contributed by atoms with Crippen molar-refractivity contribution in [2.75, 3.05) is 20.3 Å². The molecule has 0 aliphatic carbocycles. The van der Waals surface area contributed by atoms with E-state index in [1.54, 1.807) is 7.11 Å². The fourth-order valence-electron chi connectivity index (χ4n) is 1.42. The van der Waals surface area contributed by atoms with Gasteiger partial charge in [-0.05, 0) is 17.7 Å². The molecule has 17 heavy (non-hydrogen) atoms. The zero-order chi connectivity index (χ0) is 12.7. The summed E-state index contributed by atoms with van der Waals surface area (Å²) in [7, 11) is 1.61. The van der Waals surface area contributed by atoms with Crippen molar-refractivity contribution in [3.05, 3.63) is 23.8 Å². The van der Waals surface area contributed by atoms with Crippen LogP contribution in [0.5, 0.6) is 11.5 Å². The molecule has 0 aliphatic rings. The van der Waals surface area contributed by atoms with Crippen molar-refractivity contribution in [1.29, 1.82) is 0 Å². The van der Waals surface area contributed by atoms with E-state index in [-0.39, 0.29) is 13.2 Å². The average molecular weight is 239 g/mol. The van der Waals surface area contributed by atoms with Gasteiger partial charge in [0.25, 0.3) is 0 Å². The SMILES string of the molecule is COc1cc(CNC(C)C)ccc1OCCO. The van der Waals surface area contributed by atoms with Crippen molar-refractivity contribution in [3.63, 3.8) is 0 Å². The van der Waals surface area contributed by atoms with E-state index >= 15 is 0 Å². The van der Waals surface area contributed by atoms with E-state index in [4.69, 9.17) is 14.6 Å². The van der Waals surface area contributed by atoms with Crippen LogP contribution in [0.2, 0.25) is 0 Å². The summed E-state index contributed by atoms with van der Waals surface area (Å²) >= 11 is 0. The van der Waals surface area contributed by atoms with E-state index in [2.05, 4.69) is 19.2 Å². The first-order valence-electron chi connectivity index (χ1n) is 5.81. The van der Waals surface area contributed by atoms with Gasteiger partial charge in [0.05, 0.1) is 13.7 Å². The molecule has 1 aromatic carbocycles. The van der Waals surface area contributed by atoms with E-state index < -0.39 is 0 Å². The van der Waals surface area contributed by atoms with Gasteiger partial charge in [-0.2, -0.15) is 0 Å². The topological polar surface area (TPSA) is 50.7 Å². The Morgan fingerprint density at radius 1 is 1.29 bits per heavy atom. The van der Waals surface area contributed by atoms with Crippen LogP contribution in [0.25, 0.3) is 0 Å². The van der Waals surface area contributed by atoms with Gasteiger partial charge in [0.2, 0.25) is 0 Å². The predicted molar refractivity (Wildman–Crippen MR) is 67.6 cm³/mol. The molecule has 0 aromatic heterocycles. The Hall–Kier alpha value is -1.26. The molecule has 0 fully saturated rings. The molecule has 4 nitrogen and oxygen atoms in total. The van der Waals surface area contributed by atoms with Crippen molar-refractivity contribution in [2.24, 2.45) is 0 Å². The van der Waals surface area contributed by atoms with Crippen LogP contribution in [0.4, 0.5) is 0 Å². The van der Waals surface area contributed by atoms with Gasteiger partial charge in [0.1, 0.15) is 6.61 Å². The maximum atomic E-state index is 8.72. The molecule has 0 bridgehead atoms. The lowest BCUT2D eigenvalue weighted by Crippen LogP contribution is -2.21. The highest BCUT2D eigenvalue weighted by Gasteiger charge is 2.05. The van der Waals surface area contributed by atoms with E-state index in [9.17, 15) is 0 Å². The predicted octanol–water partition coefficient (Wildman–Crippen LogP) is 1.56. The minimum absolute atomic E-state index is 0.000188. The van der Waals surface area contributed by atoms with Crippen molar-refractivity contribution in [3.8, 4) is 11.5 Å². The first-order chi connectivity index (χ1) is 8.17. The number of methoxy groups -OCH3 is 1. The standard InChI is InChI=1S/C13H21NO3/c1-10(2)14-9-11-4-5-12(17-7-6-15)13(8-11)16-3/h4-5,8,10,14-15H,6-7,9H2,1-3H3. The van der Waals surface area contributed by atoms with Crippen LogP contribution < -0.4 is 14.8 Å². The third kappa shape index (κ3) is 4.63. The summed E-state index contributed by atoms with van der Waals surface area (Å²) in [5, 5.41) is 12.1. The van der Waals surface area contributed by atoms with Crippen LogP contribution in [0.15, 0.2) is 18.2 Å². The summed E-state index contributed by atoms with van der Waals surface area (Å²) in [5.74, 6) is 1.36. The second kappa shape index (κ2) is 7.14. The van der Waals surface area contributed by atoms with Crippen LogP contribution in [0.1, 0.15) is 19.4 Å². The Morgan fingerprint density at radius 2 is 2.06 bits per heavy atom. The Morgan fingerprint density at radius 3 is 2.65 bits per heavy atom. The molecule has 0 spiro atoms. The van der Waals surface area contributed by atoms with Gasteiger partial charge >= 0.3 is 0 Å². The quantitative estimate of drug-likeness (QED) is 0.758. The minimum Gasteiger partial charge on any atom is -0.493 e. The lowest BCUT2D eigenvalue weighted by Gasteiger charge is -2.13. The van der Waals surface area contributed by atoms with Crippen LogP contribution >= 0.6 is 0 Å². The number of benzene rings is 1. The van der Waals surface area contributed by atoms with Crippen molar-refractivity contribution in [2.45, 2.75) is 26.4 Å². The number of hydrogen-bond donors (Lipinski definition) is 2. The van der Waals surface area contributed by atoms with E-state index in [1.165, 1.54) is 0 Å². The lowest BCUT2D eigenvalue weighted by molar-refractivity contribution is 0.196. The van der Waals surface area contributed by atoms with E-state index in [0.29, 0.717) is 17.5 Å². The fraction of sp³-hybridized carbons (Fsp3) is 0.538. The Labute approximate surface area is 103 Å². The molecule has 2 N–H and O–H groups in total. The maximum Gasteiger partial charge on any atom is 0.161 e. The first kappa shape index (κ1) is 13.8. The summed E-state index contributed by atoms with van der Waals surface area (Å²) in [4.78, 5) is 0. The van der Waals surface area contributed by atoms with E-state index in [0.717, 1.165) is 12.1 Å². The van der Waals surface area contributed by atoms with Gasteiger partial charge in [-0.25, -0.2) is 0 Å². The molecule has 0 aliphatic heterocycles. The molecular weight excluding hydrogens is 218 g/mol. The summed E-state index contributed by atoms with van der Waals surface area (Å²) < 4.78 is 10.6. The molecule has 0 amide bonds. The highest BCUT2D eigenvalue weighted by atomic mass is 16.5. The van der Waals surface area contributed by atoms with Gasteiger partial charge in [-0.3, -0.25) is 0 Å². The van der Waals surface area contributed by atoms with Gasteiger partial charge in [0.15, 0.2) is 11.5 Å². The second-order valence-corrected chi connectivity index (χ2v) is 4.09. The third-order valence-corrected chi connectivity index (χ3v) is 2.29. The van der Waals surface area contributed by atoms with Gasteiger partial charge < -0.3 is 19.9 Å². The summed E-state index contributed by atoms with van der Waals surface area (Å²) in [6, 6.07) is 6.25. The summed E-state index contributed by atoms with van der Waals surface area (Å²) in [6.45, 7) is 5.29. The van der Waals surface area contributed by atoms with Crippen LogP contribution in [0.3, 0.4) is 0 Å². The molecule has 0 saturated carbocycles. The minimum atomic E-state index is -0.000188. The zero-order valence-corrected chi connectivity index (χ0v) is 10.7. The van der Waals surface area contributed by atoms with Crippen LogP contribution in [0, 0.1) is 0 Å². The molecule has 0 saturated heterocycles. The van der Waals surface area contributed by atoms with E-state index in [1.807, 2.05) is 18.2 Å². The molecule has 96 valence electrons. The molecule has 0 atom stereocenters. The Balaban J connectivity index is 2.70. The summed E-state index contributed by atoms with van der Waals surface area (Å²) in [6.07, 6.45) is 0. The molecular formula is C13H21NO3. The fourth-order valence-corrected chi connectivity index (χ4v) is 1.42. The van der Waals surface area contributed by atoms with Gasteiger partial charge in [0, 0.05) is 12.6 Å². The Bertz CT molecular complexity index is 339. The molecule has 4 heteroatoms. The molecule has 0 heterocycles. The Kier molecular flexibility index (Phi) is 5.80. The molecule has 0 unspecified atom stereocenters. The normalized spacial score (nSPS) is 10.6. The largest absolute Gasteiger partial charge is 0.493 e. The van der Waals surface area contributed by atoms with Crippen LogP contribution in [-0.4, -0.2) is 31.5 Å². The zero-order valence-electron chi connectivity index (χ0n) is 10.7. The molecule has 0 radical (unpaired) electrons. The number of aliphatic hydroxyl groups excluding tert-OH is 1. The lowest BCUT2D eigenvalue weighted by atomic mass is 10.2. The highest BCUT2D eigenvalue weighted by Crippen LogP contribution is 2.27. The van der Waals surface area contributed by atoms with Crippen molar-refractivity contribution in [1.82, 2.24) is 5.32 Å². The number of aliphatic hydroxyl groups is 1. The van der Waals surface area contributed by atoms with Crippen molar-refractivity contribution >= 4 is 0 Å². The monoisotopic (exact) mass is 239 g/mol. The smallest absolute Gasteiger partial charge is 0.161 e.